The van der Waals surface area contributed by atoms with Crippen LogP contribution in [0.3, 0.4) is 0 Å². The second-order valence-corrected chi connectivity index (χ2v) is 9.39. The van der Waals surface area contributed by atoms with Crippen LogP contribution in [0.25, 0.3) is 16.7 Å². The average molecular weight is 499 g/mol. The van der Waals surface area contributed by atoms with Crippen molar-refractivity contribution in [3.05, 3.63) is 101 Å². The number of para-hydroxylation sites is 2. The molecule has 0 aliphatic rings. The van der Waals surface area contributed by atoms with Crippen LogP contribution in [0, 0.1) is 0 Å². The molecule has 0 saturated heterocycles. The van der Waals surface area contributed by atoms with E-state index in [4.69, 9.17) is 0 Å². The first-order valence-electron chi connectivity index (χ1n) is 11.3. The van der Waals surface area contributed by atoms with Crippen molar-refractivity contribution in [3.63, 3.8) is 0 Å². The maximum atomic E-state index is 13.3. The molecule has 1 atom stereocenters. The van der Waals surface area contributed by atoms with Gasteiger partial charge in [-0.05, 0) is 36.8 Å². The summed E-state index contributed by atoms with van der Waals surface area (Å²) in [6, 6.07) is 25.1. The zero-order chi connectivity index (χ0) is 25.1. The van der Waals surface area contributed by atoms with Crippen LogP contribution in [0.15, 0.2) is 94.9 Å². The summed E-state index contributed by atoms with van der Waals surface area (Å²) < 4.78 is 3.35. The molecular weight excluding hydrogens is 476 g/mol. The van der Waals surface area contributed by atoms with E-state index in [1.54, 1.807) is 52.3 Å². The molecule has 9 nitrogen and oxygen atoms in total. The molecule has 5 aromatic rings. The lowest BCUT2D eigenvalue weighted by molar-refractivity contribution is -0.119. The first-order chi connectivity index (χ1) is 17.5. The SMILES string of the molecule is CC(Sc1nnc2n(Cc3ccccc3)c(=O)c3ccccc3n12)C(=O)NC(=O)Nc1ccccc1. The van der Waals surface area contributed by atoms with E-state index >= 15 is 0 Å². The quantitative estimate of drug-likeness (QED) is 0.344. The molecule has 0 radical (unpaired) electrons. The number of anilines is 1. The predicted octanol–water partition coefficient (Wildman–Crippen LogP) is 3.92. The molecule has 5 rings (SSSR count). The van der Waals surface area contributed by atoms with Gasteiger partial charge in [-0.3, -0.25) is 23.9 Å². The number of nitrogens with zero attached hydrogens (tertiary/aromatic N) is 4. The third-order valence-electron chi connectivity index (χ3n) is 5.58. The van der Waals surface area contributed by atoms with Gasteiger partial charge < -0.3 is 5.32 Å². The van der Waals surface area contributed by atoms with Gasteiger partial charge in [-0.1, -0.05) is 72.4 Å². The fourth-order valence-corrected chi connectivity index (χ4v) is 4.68. The average Bonchev–Trinajstić information content (AvgIpc) is 3.31. The summed E-state index contributed by atoms with van der Waals surface area (Å²) >= 11 is 1.15. The smallest absolute Gasteiger partial charge is 0.308 e. The fourth-order valence-electron chi connectivity index (χ4n) is 3.83. The highest BCUT2D eigenvalue weighted by molar-refractivity contribution is 8.00. The Morgan fingerprint density at radius 1 is 0.917 bits per heavy atom. The molecule has 2 heterocycles. The highest BCUT2D eigenvalue weighted by Gasteiger charge is 2.23. The van der Waals surface area contributed by atoms with Crippen LogP contribution >= 0.6 is 11.8 Å². The number of hydrogen-bond acceptors (Lipinski definition) is 6. The minimum atomic E-state index is -0.660. The van der Waals surface area contributed by atoms with E-state index in [0.717, 1.165) is 17.3 Å². The van der Waals surface area contributed by atoms with Crippen molar-refractivity contribution in [1.82, 2.24) is 24.5 Å². The summed E-state index contributed by atoms with van der Waals surface area (Å²) in [6.45, 7) is 2.01. The van der Waals surface area contributed by atoms with Crippen molar-refractivity contribution in [2.24, 2.45) is 0 Å². The number of rotatable bonds is 6. The van der Waals surface area contributed by atoms with Gasteiger partial charge in [0.2, 0.25) is 11.7 Å². The van der Waals surface area contributed by atoms with Crippen molar-refractivity contribution in [1.29, 1.82) is 0 Å². The number of fused-ring (bicyclic) bond motifs is 3. The van der Waals surface area contributed by atoms with Gasteiger partial charge in [-0.25, -0.2) is 4.79 Å². The molecule has 3 aromatic carbocycles. The molecule has 10 heteroatoms. The fraction of sp³-hybridized carbons (Fsp3) is 0.115. The van der Waals surface area contributed by atoms with E-state index in [0.29, 0.717) is 34.1 Å². The highest BCUT2D eigenvalue weighted by Crippen LogP contribution is 2.25. The van der Waals surface area contributed by atoms with Gasteiger partial charge in [0.05, 0.1) is 22.7 Å². The standard InChI is InChI=1S/C26H22N6O3S/c1-17(22(33)28-24(35)27-19-12-6-3-7-13-19)36-26-30-29-25-31(16-18-10-4-2-5-11-18)23(34)20-14-8-9-15-21(20)32(25)26/h2-15,17H,16H2,1H3,(H2,27,28,33,35). The molecule has 0 aliphatic heterocycles. The van der Waals surface area contributed by atoms with Crippen LogP contribution in [-0.2, 0) is 11.3 Å². The molecule has 180 valence electrons. The Labute approximate surface area is 210 Å². The summed E-state index contributed by atoms with van der Waals surface area (Å²) in [4.78, 5) is 38.3. The Morgan fingerprint density at radius 2 is 1.58 bits per heavy atom. The Balaban J connectivity index is 1.44. The van der Waals surface area contributed by atoms with E-state index in [2.05, 4.69) is 20.8 Å². The van der Waals surface area contributed by atoms with Gasteiger partial charge in [0.25, 0.3) is 5.56 Å². The molecule has 0 saturated carbocycles. The second-order valence-electron chi connectivity index (χ2n) is 8.08. The molecule has 0 spiro atoms. The Bertz CT molecular complexity index is 1620. The Kier molecular flexibility index (Phi) is 6.50. The number of benzene rings is 3. The molecule has 3 amide bonds. The van der Waals surface area contributed by atoms with Crippen molar-refractivity contribution in [2.75, 3.05) is 5.32 Å². The summed E-state index contributed by atoms with van der Waals surface area (Å²) in [5, 5.41) is 13.9. The van der Waals surface area contributed by atoms with Gasteiger partial charge >= 0.3 is 6.03 Å². The molecule has 36 heavy (non-hydrogen) atoms. The molecular formula is C26H22N6O3S. The Morgan fingerprint density at radius 3 is 2.33 bits per heavy atom. The first-order valence-corrected chi connectivity index (χ1v) is 12.1. The first kappa shape index (κ1) is 23.3. The van der Waals surface area contributed by atoms with Gasteiger partial charge in [0, 0.05) is 5.69 Å². The number of thioether (sulfide) groups is 1. The molecule has 0 fully saturated rings. The summed E-state index contributed by atoms with van der Waals surface area (Å²) in [6.07, 6.45) is 0. The van der Waals surface area contributed by atoms with Gasteiger partial charge in [0.15, 0.2) is 5.16 Å². The summed E-state index contributed by atoms with van der Waals surface area (Å²) in [5.74, 6) is -0.105. The highest BCUT2D eigenvalue weighted by atomic mass is 32.2. The predicted molar refractivity (Wildman–Crippen MR) is 139 cm³/mol. The zero-order valence-electron chi connectivity index (χ0n) is 19.3. The molecule has 2 N–H and O–H groups in total. The number of aromatic nitrogens is 4. The topological polar surface area (TPSA) is 110 Å². The normalized spacial score (nSPS) is 11.9. The van der Waals surface area contributed by atoms with E-state index in [9.17, 15) is 14.4 Å². The number of carbonyl (C=O) groups is 2. The van der Waals surface area contributed by atoms with Crippen molar-refractivity contribution < 1.29 is 9.59 Å². The molecule has 2 aromatic heterocycles. The molecule has 1 unspecified atom stereocenters. The van der Waals surface area contributed by atoms with Crippen LogP contribution in [0.4, 0.5) is 10.5 Å². The maximum Gasteiger partial charge on any atom is 0.325 e. The van der Waals surface area contributed by atoms with Crippen molar-refractivity contribution in [2.45, 2.75) is 23.9 Å². The summed E-state index contributed by atoms with van der Waals surface area (Å²) in [5.41, 5.74) is 2.00. The largest absolute Gasteiger partial charge is 0.325 e. The van der Waals surface area contributed by atoms with E-state index in [-0.39, 0.29) is 5.56 Å². The zero-order valence-corrected chi connectivity index (χ0v) is 20.1. The van der Waals surface area contributed by atoms with Crippen LogP contribution in [0.1, 0.15) is 12.5 Å². The lowest BCUT2D eigenvalue weighted by atomic mass is 10.2. The van der Waals surface area contributed by atoms with Crippen LogP contribution in [0.5, 0.6) is 0 Å². The number of amides is 3. The number of imide groups is 1. The van der Waals surface area contributed by atoms with Gasteiger partial charge in [-0.15, -0.1) is 10.2 Å². The third kappa shape index (κ3) is 4.71. The van der Waals surface area contributed by atoms with Gasteiger partial charge in [-0.2, -0.15) is 0 Å². The van der Waals surface area contributed by atoms with Crippen LogP contribution < -0.4 is 16.2 Å². The molecule has 0 aliphatic carbocycles. The van der Waals surface area contributed by atoms with Crippen molar-refractivity contribution >= 4 is 46.1 Å². The second kappa shape index (κ2) is 10.0. The lowest BCUT2D eigenvalue weighted by Crippen LogP contribution is -2.38. The van der Waals surface area contributed by atoms with E-state index < -0.39 is 17.2 Å². The van der Waals surface area contributed by atoms with Gasteiger partial charge in [0.1, 0.15) is 0 Å². The maximum absolute atomic E-state index is 13.3. The molecule has 0 bridgehead atoms. The third-order valence-corrected chi connectivity index (χ3v) is 6.62. The van der Waals surface area contributed by atoms with E-state index in [1.165, 1.54) is 0 Å². The minimum absolute atomic E-state index is 0.172. The monoisotopic (exact) mass is 498 g/mol. The Hall–Kier alpha value is -4.44. The van der Waals surface area contributed by atoms with Crippen LogP contribution in [-0.4, -0.2) is 36.4 Å². The number of hydrogen-bond donors (Lipinski definition) is 2. The minimum Gasteiger partial charge on any atom is -0.308 e. The lowest BCUT2D eigenvalue weighted by Gasteiger charge is -2.13. The van der Waals surface area contributed by atoms with Crippen molar-refractivity contribution in [3.8, 4) is 0 Å². The number of carbonyl (C=O) groups excluding carboxylic acids is 2. The number of nitrogens with one attached hydrogen (secondary N) is 2. The summed E-state index contributed by atoms with van der Waals surface area (Å²) in [7, 11) is 0. The van der Waals surface area contributed by atoms with Crippen LogP contribution in [0.2, 0.25) is 0 Å². The number of urea groups is 1. The van der Waals surface area contributed by atoms with E-state index in [1.807, 2.05) is 48.5 Å².